The zero-order valence-corrected chi connectivity index (χ0v) is 17.2. The van der Waals surface area contributed by atoms with Crippen molar-refractivity contribution in [2.45, 2.75) is 25.8 Å². The van der Waals surface area contributed by atoms with Crippen LogP contribution in [0.15, 0.2) is 45.6 Å². The quantitative estimate of drug-likeness (QED) is 0.580. The number of hydrogen-bond acceptors (Lipinski definition) is 4. The summed E-state index contributed by atoms with van der Waals surface area (Å²) in [7, 11) is 0. The van der Waals surface area contributed by atoms with Gasteiger partial charge in [-0.3, -0.25) is 14.6 Å². The van der Waals surface area contributed by atoms with Gasteiger partial charge in [-0.1, -0.05) is 0 Å². The molecule has 0 saturated carbocycles. The molecule has 1 aliphatic rings. The van der Waals surface area contributed by atoms with Gasteiger partial charge in [-0.05, 0) is 48.9 Å². The van der Waals surface area contributed by atoms with Gasteiger partial charge < -0.3 is 14.6 Å². The molecule has 33 heavy (non-hydrogen) atoms. The zero-order chi connectivity index (χ0) is 23.9. The molecule has 0 spiro atoms. The van der Waals surface area contributed by atoms with Crippen molar-refractivity contribution < 1.29 is 31.6 Å². The molecular formula is C22H17F4N3O4. The van der Waals surface area contributed by atoms with E-state index < -0.39 is 40.7 Å². The summed E-state index contributed by atoms with van der Waals surface area (Å²) in [5.74, 6) is -9.39. The van der Waals surface area contributed by atoms with E-state index in [0.717, 1.165) is 17.0 Å². The van der Waals surface area contributed by atoms with E-state index in [1.807, 2.05) is 0 Å². The van der Waals surface area contributed by atoms with Crippen LogP contribution in [0.1, 0.15) is 32.9 Å². The zero-order valence-electron chi connectivity index (χ0n) is 17.2. The summed E-state index contributed by atoms with van der Waals surface area (Å²) in [6.45, 7) is 0.964. The highest BCUT2D eigenvalue weighted by molar-refractivity contribution is 6.04. The van der Waals surface area contributed by atoms with Crippen LogP contribution in [0.3, 0.4) is 0 Å². The number of H-pyrrole nitrogens is 1. The van der Waals surface area contributed by atoms with E-state index in [2.05, 4.69) is 10.3 Å². The van der Waals surface area contributed by atoms with Crippen molar-refractivity contribution in [1.82, 2.24) is 9.88 Å². The van der Waals surface area contributed by atoms with E-state index in [4.69, 9.17) is 4.42 Å². The summed E-state index contributed by atoms with van der Waals surface area (Å²) >= 11 is 0. The van der Waals surface area contributed by atoms with Crippen LogP contribution in [0.25, 0.3) is 0 Å². The first-order valence-electron chi connectivity index (χ1n) is 9.82. The average Bonchev–Trinajstić information content (AvgIpc) is 3.15. The number of oxazole rings is 1. The largest absolute Gasteiger partial charge is 0.416 e. The first kappa shape index (κ1) is 22.3. The molecule has 0 fully saturated rings. The van der Waals surface area contributed by atoms with Gasteiger partial charge in [-0.25, -0.2) is 13.6 Å². The van der Waals surface area contributed by atoms with E-state index in [9.17, 15) is 23.2 Å². The monoisotopic (exact) mass is 463 g/mol. The number of rotatable bonds is 4. The molecule has 0 bridgehead atoms. The highest BCUT2D eigenvalue weighted by Crippen LogP contribution is 2.34. The SMILES string of the molecule is Cc1cc(NC(=O)c2ccc(F)c(C(F)(F)C(=O)N3CCc4[nH]c(=O)oc4C3)c2)ccc1F. The van der Waals surface area contributed by atoms with E-state index in [1.165, 1.54) is 19.1 Å². The average molecular weight is 463 g/mol. The summed E-state index contributed by atoms with van der Waals surface area (Å²) in [5, 5.41) is 2.42. The number of amides is 2. The van der Waals surface area contributed by atoms with Gasteiger partial charge in [0, 0.05) is 24.2 Å². The second-order valence-electron chi connectivity index (χ2n) is 7.58. The molecule has 1 aliphatic heterocycles. The number of anilines is 1. The first-order chi connectivity index (χ1) is 15.6. The molecule has 2 aromatic carbocycles. The number of benzene rings is 2. The van der Waals surface area contributed by atoms with Crippen LogP contribution in [0, 0.1) is 18.6 Å². The fourth-order valence-electron chi connectivity index (χ4n) is 3.54. The molecule has 1 aromatic heterocycles. The van der Waals surface area contributed by atoms with Crippen LogP contribution >= 0.6 is 0 Å². The Morgan fingerprint density at radius 2 is 1.85 bits per heavy atom. The first-order valence-corrected chi connectivity index (χ1v) is 9.82. The van der Waals surface area contributed by atoms with E-state index in [1.54, 1.807) is 0 Å². The molecule has 0 atom stereocenters. The smallest absolute Gasteiger partial charge is 0.411 e. The Kier molecular flexibility index (Phi) is 5.56. The molecule has 172 valence electrons. The van der Waals surface area contributed by atoms with Crippen molar-refractivity contribution in [2.75, 3.05) is 11.9 Å². The lowest BCUT2D eigenvalue weighted by atomic mass is 10.0. The Balaban J connectivity index is 1.58. The third-order valence-electron chi connectivity index (χ3n) is 5.31. The van der Waals surface area contributed by atoms with Gasteiger partial charge in [0.15, 0.2) is 0 Å². The Morgan fingerprint density at radius 3 is 2.58 bits per heavy atom. The number of aromatic amines is 1. The Bertz CT molecular complexity index is 1320. The van der Waals surface area contributed by atoms with Crippen LogP contribution in [-0.2, 0) is 23.7 Å². The second-order valence-corrected chi connectivity index (χ2v) is 7.58. The van der Waals surface area contributed by atoms with Crippen LogP contribution in [0.2, 0.25) is 0 Å². The van der Waals surface area contributed by atoms with Gasteiger partial charge in [-0.2, -0.15) is 8.78 Å². The van der Waals surface area contributed by atoms with Gasteiger partial charge >= 0.3 is 11.7 Å². The molecule has 0 saturated heterocycles. The van der Waals surface area contributed by atoms with Crippen molar-refractivity contribution in [3.8, 4) is 0 Å². The minimum absolute atomic E-state index is 0.0543. The topological polar surface area (TPSA) is 95.4 Å². The highest BCUT2D eigenvalue weighted by Gasteiger charge is 2.47. The van der Waals surface area contributed by atoms with E-state index in [0.29, 0.717) is 17.8 Å². The van der Waals surface area contributed by atoms with Gasteiger partial charge in [0.1, 0.15) is 17.4 Å². The van der Waals surface area contributed by atoms with Crippen molar-refractivity contribution in [1.29, 1.82) is 0 Å². The van der Waals surface area contributed by atoms with E-state index in [-0.39, 0.29) is 42.1 Å². The maximum Gasteiger partial charge on any atom is 0.416 e. The van der Waals surface area contributed by atoms with Crippen molar-refractivity contribution in [3.05, 3.63) is 86.7 Å². The number of nitrogens with one attached hydrogen (secondary N) is 2. The molecule has 0 aliphatic carbocycles. The molecule has 4 rings (SSSR count). The number of aromatic nitrogens is 1. The summed E-state index contributed by atoms with van der Waals surface area (Å²) in [6, 6.07) is 6.02. The lowest BCUT2D eigenvalue weighted by Crippen LogP contribution is -2.44. The number of alkyl halides is 2. The van der Waals surface area contributed by atoms with Crippen molar-refractivity contribution in [2.24, 2.45) is 0 Å². The molecule has 11 heteroatoms. The summed E-state index contributed by atoms with van der Waals surface area (Å²) in [6.07, 6.45) is 0.0882. The normalized spacial score (nSPS) is 13.5. The molecule has 2 amide bonds. The lowest BCUT2D eigenvalue weighted by molar-refractivity contribution is -0.160. The summed E-state index contributed by atoms with van der Waals surface area (Å²) < 4.78 is 62.7. The molecule has 7 nitrogen and oxygen atoms in total. The third kappa shape index (κ3) is 4.26. The van der Waals surface area contributed by atoms with Crippen LogP contribution < -0.4 is 11.1 Å². The van der Waals surface area contributed by atoms with Crippen molar-refractivity contribution >= 4 is 17.5 Å². The predicted octanol–water partition coefficient (Wildman–Crippen LogP) is 3.48. The summed E-state index contributed by atoms with van der Waals surface area (Å²) in [5.41, 5.74) is -0.708. The minimum Gasteiger partial charge on any atom is -0.411 e. The standard InChI is InChI=1S/C22H17F4N3O4/c1-11-8-13(3-5-15(11)23)27-19(30)12-2-4-16(24)14(9-12)22(25,26)20(31)29-7-6-17-18(10-29)33-21(32)28-17/h2-5,8-9H,6-7,10H2,1H3,(H,27,30)(H,28,32). The van der Waals surface area contributed by atoms with Crippen LogP contribution in [-0.4, -0.2) is 28.2 Å². The molecule has 2 N–H and O–H groups in total. The third-order valence-corrected chi connectivity index (χ3v) is 5.31. The number of aryl methyl sites for hydroxylation is 1. The lowest BCUT2D eigenvalue weighted by Gasteiger charge is -2.29. The van der Waals surface area contributed by atoms with Gasteiger partial charge in [0.05, 0.1) is 17.8 Å². The number of carbonyl (C=O) groups excluding carboxylic acids is 2. The maximum absolute atomic E-state index is 15.0. The van der Waals surface area contributed by atoms with Crippen molar-refractivity contribution in [3.63, 3.8) is 0 Å². The Hall–Kier alpha value is -3.89. The fraction of sp³-hybridized carbons (Fsp3) is 0.227. The number of halogens is 4. The molecular weight excluding hydrogens is 446 g/mol. The summed E-state index contributed by atoms with van der Waals surface area (Å²) in [4.78, 5) is 39.5. The number of fused-ring (bicyclic) bond motifs is 1. The highest BCUT2D eigenvalue weighted by atomic mass is 19.3. The fourth-order valence-corrected chi connectivity index (χ4v) is 3.54. The number of hydrogen-bond donors (Lipinski definition) is 2. The molecule has 2 heterocycles. The Morgan fingerprint density at radius 1 is 1.12 bits per heavy atom. The van der Waals surface area contributed by atoms with Crippen LogP contribution in [0.5, 0.6) is 0 Å². The molecule has 3 aromatic rings. The second kappa shape index (κ2) is 8.23. The van der Waals surface area contributed by atoms with Gasteiger partial charge in [0.2, 0.25) is 0 Å². The van der Waals surface area contributed by atoms with Gasteiger partial charge in [-0.15, -0.1) is 0 Å². The Labute approximate surface area is 184 Å². The van der Waals surface area contributed by atoms with Gasteiger partial charge in [0.25, 0.3) is 11.8 Å². The minimum atomic E-state index is -4.29. The molecule has 0 radical (unpaired) electrons. The number of carbonyl (C=O) groups is 2. The predicted molar refractivity (Wildman–Crippen MR) is 108 cm³/mol. The van der Waals surface area contributed by atoms with Crippen LogP contribution in [0.4, 0.5) is 23.2 Å². The maximum atomic E-state index is 15.0. The van der Waals surface area contributed by atoms with E-state index >= 15 is 8.78 Å². The number of nitrogens with zero attached hydrogens (tertiary/aromatic N) is 1. The molecule has 0 unspecified atom stereocenters.